The van der Waals surface area contributed by atoms with Crippen molar-refractivity contribution in [2.24, 2.45) is 0 Å². The van der Waals surface area contributed by atoms with Gasteiger partial charge in [0.1, 0.15) is 10.6 Å². The van der Waals surface area contributed by atoms with Crippen molar-refractivity contribution in [2.75, 3.05) is 25.7 Å². The van der Waals surface area contributed by atoms with Crippen molar-refractivity contribution in [1.29, 1.82) is 0 Å². The monoisotopic (exact) mass is 341 g/mol. The fourth-order valence-electron chi connectivity index (χ4n) is 3.11. The van der Waals surface area contributed by atoms with Crippen LogP contribution in [-0.2, 0) is 9.84 Å². The van der Waals surface area contributed by atoms with Crippen LogP contribution in [-0.4, -0.2) is 50.7 Å². The second-order valence-corrected chi connectivity index (χ2v) is 8.29. The second-order valence-electron chi connectivity index (χ2n) is 6.31. The van der Waals surface area contributed by atoms with Crippen molar-refractivity contribution in [3.05, 3.63) is 28.3 Å². The van der Waals surface area contributed by atoms with E-state index >= 15 is 0 Å². The molecule has 0 bridgehead atoms. The molecular formula is C15H23N3O4S. The number of sulfone groups is 1. The Balaban J connectivity index is 2.31. The molecule has 0 aromatic heterocycles. The fourth-order valence-corrected chi connectivity index (χ4v) is 3.97. The quantitative estimate of drug-likeness (QED) is 0.652. The van der Waals surface area contributed by atoms with Crippen LogP contribution in [0.4, 0.5) is 11.4 Å². The second kappa shape index (κ2) is 6.84. The van der Waals surface area contributed by atoms with Gasteiger partial charge >= 0.3 is 5.69 Å². The zero-order valence-electron chi connectivity index (χ0n) is 13.7. The van der Waals surface area contributed by atoms with Crippen LogP contribution >= 0.6 is 0 Å². The third-order valence-electron chi connectivity index (χ3n) is 4.32. The molecule has 1 aromatic rings. The number of nitro groups is 1. The van der Waals surface area contributed by atoms with Gasteiger partial charge in [0.15, 0.2) is 9.84 Å². The standard InChI is InChI=1S/C15H23N3O4S/c1-17(2)12-7-4-6-11(10-12)16-13-8-5-9-14(23(3,21)22)15(13)18(19)20/h5,8-9,11-12,16H,4,6-7,10H2,1-3H3. The van der Waals surface area contributed by atoms with Crippen LogP contribution in [0.2, 0.25) is 0 Å². The van der Waals surface area contributed by atoms with E-state index in [2.05, 4.69) is 10.2 Å². The highest BCUT2D eigenvalue weighted by Gasteiger charge is 2.29. The lowest BCUT2D eigenvalue weighted by atomic mass is 9.90. The summed E-state index contributed by atoms with van der Waals surface area (Å²) in [5.74, 6) is 0. The van der Waals surface area contributed by atoms with Crippen LogP contribution < -0.4 is 5.32 Å². The van der Waals surface area contributed by atoms with Crippen LogP contribution in [0.25, 0.3) is 0 Å². The summed E-state index contributed by atoms with van der Waals surface area (Å²) in [5.41, 5.74) is -0.0793. The highest BCUT2D eigenvalue weighted by Crippen LogP contribution is 2.34. The first-order chi connectivity index (χ1) is 10.7. The first-order valence-electron chi connectivity index (χ1n) is 7.60. The van der Waals surface area contributed by atoms with Gasteiger partial charge in [0, 0.05) is 18.3 Å². The number of benzene rings is 1. The molecule has 1 fully saturated rings. The predicted octanol–water partition coefficient (Wildman–Crippen LogP) is 2.28. The minimum absolute atomic E-state index is 0.102. The summed E-state index contributed by atoms with van der Waals surface area (Å²) in [6.45, 7) is 0. The highest BCUT2D eigenvalue weighted by atomic mass is 32.2. The van der Waals surface area contributed by atoms with E-state index in [0.717, 1.165) is 31.9 Å². The molecule has 7 nitrogen and oxygen atoms in total. The van der Waals surface area contributed by atoms with Gasteiger partial charge < -0.3 is 10.2 Å². The van der Waals surface area contributed by atoms with Crippen molar-refractivity contribution in [3.63, 3.8) is 0 Å². The van der Waals surface area contributed by atoms with Crippen LogP contribution in [0.15, 0.2) is 23.1 Å². The molecule has 128 valence electrons. The molecule has 0 heterocycles. The summed E-state index contributed by atoms with van der Waals surface area (Å²) < 4.78 is 23.6. The lowest BCUT2D eigenvalue weighted by Crippen LogP contribution is -2.38. The number of para-hydroxylation sites is 1. The Morgan fingerprint density at radius 3 is 2.57 bits per heavy atom. The number of nitro benzene ring substituents is 1. The summed E-state index contributed by atoms with van der Waals surface area (Å²) in [4.78, 5) is 12.7. The zero-order valence-corrected chi connectivity index (χ0v) is 14.5. The topological polar surface area (TPSA) is 92.6 Å². The largest absolute Gasteiger partial charge is 0.377 e. The molecular weight excluding hydrogens is 318 g/mol. The molecule has 0 saturated heterocycles. The first-order valence-corrected chi connectivity index (χ1v) is 9.49. The highest BCUT2D eigenvalue weighted by molar-refractivity contribution is 7.90. The van der Waals surface area contributed by atoms with E-state index in [0.29, 0.717) is 6.04 Å². The van der Waals surface area contributed by atoms with Crippen LogP contribution in [0, 0.1) is 10.1 Å². The molecule has 2 atom stereocenters. The molecule has 0 radical (unpaired) electrons. The summed E-state index contributed by atoms with van der Waals surface area (Å²) >= 11 is 0. The van der Waals surface area contributed by atoms with Gasteiger partial charge in [0.2, 0.25) is 0 Å². The van der Waals surface area contributed by atoms with Crippen LogP contribution in [0.5, 0.6) is 0 Å². The zero-order chi connectivity index (χ0) is 17.2. The van der Waals surface area contributed by atoms with E-state index in [1.807, 2.05) is 14.1 Å². The maximum atomic E-state index is 11.8. The predicted molar refractivity (Wildman–Crippen MR) is 89.6 cm³/mol. The van der Waals surface area contributed by atoms with Gasteiger partial charge in [-0.15, -0.1) is 0 Å². The summed E-state index contributed by atoms with van der Waals surface area (Å²) in [5, 5.41) is 14.6. The Morgan fingerprint density at radius 1 is 1.30 bits per heavy atom. The molecule has 1 saturated carbocycles. The van der Waals surface area contributed by atoms with Gasteiger partial charge in [0.25, 0.3) is 0 Å². The summed E-state index contributed by atoms with van der Waals surface area (Å²) in [6.07, 6.45) is 4.94. The van der Waals surface area contributed by atoms with Crippen LogP contribution in [0.3, 0.4) is 0 Å². The number of anilines is 1. The van der Waals surface area contributed by atoms with Crippen molar-refractivity contribution in [2.45, 2.75) is 42.7 Å². The lowest BCUT2D eigenvalue weighted by Gasteiger charge is -2.34. The number of hydrogen-bond acceptors (Lipinski definition) is 6. The average molecular weight is 341 g/mol. The normalized spacial score (nSPS) is 22.1. The number of nitrogens with one attached hydrogen (secondary N) is 1. The molecule has 0 amide bonds. The SMILES string of the molecule is CN(C)C1CCCC(Nc2cccc(S(C)(=O)=O)c2[N+](=O)[O-])C1. The van der Waals surface area contributed by atoms with Crippen molar-refractivity contribution in [1.82, 2.24) is 4.90 Å². The van der Waals surface area contributed by atoms with Crippen LogP contribution in [0.1, 0.15) is 25.7 Å². The number of hydrogen-bond donors (Lipinski definition) is 1. The van der Waals surface area contributed by atoms with E-state index in [1.54, 1.807) is 6.07 Å². The molecule has 8 heteroatoms. The maximum Gasteiger partial charge on any atom is 0.310 e. The Bertz CT molecular complexity index is 688. The summed E-state index contributed by atoms with van der Waals surface area (Å²) in [7, 11) is 0.399. The number of nitrogens with zero attached hydrogens (tertiary/aromatic N) is 2. The lowest BCUT2D eigenvalue weighted by molar-refractivity contribution is -0.386. The van der Waals surface area contributed by atoms with Gasteiger partial charge in [-0.25, -0.2) is 8.42 Å². The third-order valence-corrected chi connectivity index (χ3v) is 5.45. The molecule has 2 unspecified atom stereocenters. The molecule has 0 aliphatic heterocycles. The van der Waals surface area contributed by atoms with Gasteiger partial charge in [-0.05, 0) is 51.9 Å². The Labute approximate surface area is 136 Å². The van der Waals surface area contributed by atoms with E-state index < -0.39 is 14.8 Å². The average Bonchev–Trinajstić information content (AvgIpc) is 2.46. The molecule has 0 spiro atoms. The van der Waals surface area contributed by atoms with Crippen molar-refractivity contribution < 1.29 is 13.3 Å². The summed E-state index contributed by atoms with van der Waals surface area (Å²) in [6, 6.07) is 4.93. The van der Waals surface area contributed by atoms with Gasteiger partial charge in [-0.2, -0.15) is 0 Å². The Morgan fingerprint density at radius 2 is 2.00 bits per heavy atom. The Hall–Kier alpha value is -1.67. The minimum atomic E-state index is -3.66. The first kappa shape index (κ1) is 17.7. The molecule has 1 N–H and O–H groups in total. The van der Waals surface area contributed by atoms with E-state index in [4.69, 9.17) is 0 Å². The van der Waals surface area contributed by atoms with E-state index in [1.165, 1.54) is 12.1 Å². The van der Waals surface area contributed by atoms with Crippen molar-refractivity contribution in [3.8, 4) is 0 Å². The molecule has 1 aliphatic carbocycles. The van der Waals surface area contributed by atoms with Gasteiger partial charge in [-0.1, -0.05) is 6.07 Å². The molecule has 23 heavy (non-hydrogen) atoms. The molecule has 2 rings (SSSR count). The maximum absolute atomic E-state index is 11.8. The van der Waals surface area contributed by atoms with E-state index in [-0.39, 0.29) is 22.3 Å². The molecule has 1 aromatic carbocycles. The number of rotatable bonds is 5. The molecule has 1 aliphatic rings. The minimum Gasteiger partial charge on any atom is -0.377 e. The van der Waals surface area contributed by atoms with Crippen molar-refractivity contribution >= 4 is 21.2 Å². The Kier molecular flexibility index (Phi) is 5.26. The third kappa shape index (κ3) is 4.20. The smallest absolute Gasteiger partial charge is 0.310 e. The fraction of sp³-hybridized carbons (Fsp3) is 0.600. The van der Waals surface area contributed by atoms with Gasteiger partial charge in [0.05, 0.1) is 4.92 Å². The van der Waals surface area contributed by atoms with Gasteiger partial charge in [-0.3, -0.25) is 10.1 Å². The van der Waals surface area contributed by atoms with E-state index in [9.17, 15) is 18.5 Å².